The second-order valence-electron chi connectivity index (χ2n) is 12.5. The number of esters is 1. The number of nitrogen functional groups attached to an aromatic ring is 1. The fourth-order valence-corrected chi connectivity index (χ4v) is 6.89. The molecular weight excluding hydrogens is 656 g/mol. The Morgan fingerprint density at radius 1 is 1.28 bits per heavy atom. The Labute approximate surface area is 275 Å². The number of aromatic nitrogens is 4. The van der Waals surface area contributed by atoms with Crippen LogP contribution in [-0.2, 0) is 23.4 Å². The molecule has 5 atom stereocenters. The third kappa shape index (κ3) is 7.30. The average molecular weight is 694 g/mol. The molecule has 1 fully saturated rings. The van der Waals surface area contributed by atoms with Gasteiger partial charge in [0.05, 0.1) is 31.8 Å². The molecule has 17 heteroatoms. The lowest BCUT2D eigenvalue weighted by Gasteiger charge is -2.34. The first-order valence-corrected chi connectivity index (χ1v) is 16.9. The van der Waals surface area contributed by atoms with Crippen LogP contribution in [0.5, 0.6) is 5.75 Å². The van der Waals surface area contributed by atoms with Crippen molar-refractivity contribution in [1.82, 2.24) is 24.6 Å². The van der Waals surface area contributed by atoms with Crippen molar-refractivity contribution < 1.29 is 37.4 Å². The molecule has 0 saturated carbocycles. The summed E-state index contributed by atoms with van der Waals surface area (Å²) >= 11 is 6.26. The zero-order valence-corrected chi connectivity index (χ0v) is 28.2. The van der Waals surface area contributed by atoms with Crippen LogP contribution in [-0.4, -0.2) is 74.2 Å². The molecule has 254 valence electrons. The minimum absolute atomic E-state index is 0.0724. The van der Waals surface area contributed by atoms with Gasteiger partial charge >= 0.3 is 13.7 Å². The van der Waals surface area contributed by atoms with Crippen molar-refractivity contribution in [1.29, 1.82) is 0 Å². The Kier molecular flexibility index (Phi) is 9.71. The quantitative estimate of drug-likeness (QED) is 0.0890. The molecule has 5 rings (SSSR count). The standard InChI is InChI=1S/C30H38ClFN7O7P/c1-18(26(40)43-15-28(2,3)4)38-47(42,46-21-12-8-10-19-9-6-7-11-20(19)21)44-16-29(14-31)30(32,41)13-22(45-29)39-17-35-23-24(34-5)36-27(33)37-25(23)39/h6-12,17-18,22,41H,13-16H2,1-5H3,(H,38,42)(H3,33,34,36,37)/t18-,22+,29+,30-,47-/m0/s1. The fourth-order valence-electron chi connectivity index (χ4n) is 4.99. The number of carbonyl (C=O) groups excluding carboxylic acids is 1. The van der Waals surface area contributed by atoms with E-state index in [9.17, 15) is 14.5 Å². The van der Waals surface area contributed by atoms with Crippen molar-refractivity contribution in [2.24, 2.45) is 5.41 Å². The van der Waals surface area contributed by atoms with Gasteiger partial charge in [-0.05, 0) is 23.8 Å². The highest BCUT2D eigenvalue weighted by molar-refractivity contribution is 7.52. The highest BCUT2D eigenvalue weighted by atomic mass is 35.5. The summed E-state index contributed by atoms with van der Waals surface area (Å²) in [6.07, 6.45) is -0.467. The molecule has 2 aromatic heterocycles. The Morgan fingerprint density at radius 2 is 2.00 bits per heavy atom. The maximum Gasteiger partial charge on any atom is 0.459 e. The summed E-state index contributed by atoms with van der Waals surface area (Å²) in [7, 11) is -2.93. The highest BCUT2D eigenvalue weighted by Gasteiger charge is 2.62. The molecule has 14 nitrogen and oxygen atoms in total. The zero-order valence-electron chi connectivity index (χ0n) is 26.6. The van der Waals surface area contributed by atoms with Crippen molar-refractivity contribution in [3.05, 3.63) is 48.8 Å². The zero-order chi connectivity index (χ0) is 34.2. The summed E-state index contributed by atoms with van der Waals surface area (Å²) in [5, 5.41) is 17.9. The molecule has 0 amide bonds. The summed E-state index contributed by atoms with van der Waals surface area (Å²) < 4.78 is 55.2. The minimum Gasteiger partial charge on any atom is -0.464 e. The van der Waals surface area contributed by atoms with Crippen LogP contribution in [0.25, 0.3) is 21.9 Å². The maximum atomic E-state index is 16.1. The van der Waals surface area contributed by atoms with Crippen LogP contribution >= 0.6 is 19.3 Å². The van der Waals surface area contributed by atoms with E-state index in [1.807, 2.05) is 39.0 Å². The lowest BCUT2D eigenvalue weighted by atomic mass is 9.97. The number of halogens is 2. The van der Waals surface area contributed by atoms with E-state index in [2.05, 4.69) is 25.4 Å². The number of ether oxygens (including phenoxy) is 2. The molecule has 3 heterocycles. The first-order valence-electron chi connectivity index (χ1n) is 14.8. The van der Waals surface area contributed by atoms with E-state index in [-0.39, 0.29) is 29.4 Å². The predicted octanol–water partition coefficient (Wildman–Crippen LogP) is 4.93. The summed E-state index contributed by atoms with van der Waals surface area (Å²) in [5.74, 6) is -4.01. The van der Waals surface area contributed by atoms with E-state index in [0.29, 0.717) is 16.7 Å². The van der Waals surface area contributed by atoms with Crippen molar-refractivity contribution in [2.45, 2.75) is 57.8 Å². The Bertz CT molecular complexity index is 1820. The Hall–Kier alpha value is -3.59. The number of fused-ring (bicyclic) bond motifs is 2. The molecule has 1 aliphatic heterocycles. The van der Waals surface area contributed by atoms with Crippen molar-refractivity contribution in [3.63, 3.8) is 0 Å². The number of alkyl halides is 2. The molecular formula is C30H38ClFN7O7P. The van der Waals surface area contributed by atoms with Gasteiger partial charge in [-0.1, -0.05) is 57.2 Å². The van der Waals surface area contributed by atoms with E-state index >= 15 is 4.39 Å². The van der Waals surface area contributed by atoms with E-state index in [1.165, 1.54) is 17.8 Å². The Balaban J connectivity index is 1.44. The van der Waals surface area contributed by atoms with E-state index < -0.39 is 56.3 Å². The van der Waals surface area contributed by atoms with Crippen molar-refractivity contribution in [3.8, 4) is 5.75 Å². The number of nitrogens with one attached hydrogen (secondary N) is 2. The van der Waals surface area contributed by atoms with Gasteiger partial charge in [0.25, 0.3) is 0 Å². The van der Waals surface area contributed by atoms with E-state index in [0.717, 1.165) is 5.39 Å². The average Bonchev–Trinajstić information content (AvgIpc) is 3.55. The topological polar surface area (TPSA) is 185 Å². The van der Waals surface area contributed by atoms with Gasteiger partial charge in [-0.15, -0.1) is 11.6 Å². The molecule has 0 bridgehead atoms. The van der Waals surface area contributed by atoms with Gasteiger partial charge in [0.15, 0.2) is 22.6 Å². The summed E-state index contributed by atoms with van der Waals surface area (Å²) in [6, 6.07) is 11.1. The summed E-state index contributed by atoms with van der Waals surface area (Å²) in [5.41, 5.74) is 3.83. The molecule has 1 saturated heterocycles. The van der Waals surface area contributed by atoms with Gasteiger partial charge in [0, 0.05) is 12.4 Å². The molecule has 0 spiro atoms. The van der Waals surface area contributed by atoms with E-state index in [1.54, 1.807) is 31.3 Å². The monoisotopic (exact) mass is 693 g/mol. The van der Waals surface area contributed by atoms with E-state index in [4.69, 9.17) is 35.9 Å². The third-order valence-electron chi connectivity index (χ3n) is 7.50. The molecule has 0 unspecified atom stereocenters. The number of rotatable bonds is 12. The molecule has 0 aliphatic carbocycles. The number of hydrogen-bond acceptors (Lipinski definition) is 12. The van der Waals surface area contributed by atoms with Crippen LogP contribution < -0.4 is 20.7 Å². The predicted molar refractivity (Wildman–Crippen MR) is 175 cm³/mol. The molecule has 5 N–H and O–H groups in total. The largest absolute Gasteiger partial charge is 0.464 e. The van der Waals surface area contributed by atoms with Gasteiger partial charge in [-0.3, -0.25) is 13.9 Å². The van der Waals surface area contributed by atoms with Crippen LogP contribution in [0.4, 0.5) is 16.2 Å². The van der Waals surface area contributed by atoms with Crippen LogP contribution in [0, 0.1) is 5.41 Å². The summed E-state index contributed by atoms with van der Waals surface area (Å²) in [6.45, 7) is 6.34. The third-order valence-corrected chi connectivity index (χ3v) is 9.54. The molecule has 2 aromatic carbocycles. The van der Waals surface area contributed by atoms with Gasteiger partial charge in [0.2, 0.25) is 11.8 Å². The highest BCUT2D eigenvalue weighted by Crippen LogP contribution is 2.52. The normalized spacial score (nSPS) is 23.4. The SMILES string of the molecule is CNc1nc(N)nc2c1ncn2[C@H]1C[C@@](O)(F)[C@@](CCl)(CO[P@@](=O)(N[C@@H](C)C(=O)OCC(C)(C)C)Oc2cccc3ccccc23)O1. The number of imidazole rings is 1. The number of carbonyl (C=O) groups is 1. The number of hydrogen-bond donors (Lipinski definition) is 4. The molecule has 1 aliphatic rings. The molecule has 0 radical (unpaired) electrons. The first-order chi connectivity index (χ1) is 22.1. The second-order valence-corrected chi connectivity index (χ2v) is 14.5. The second kappa shape index (κ2) is 13.1. The van der Waals surface area contributed by atoms with Gasteiger partial charge in [0.1, 0.15) is 18.0 Å². The fraction of sp³-hybridized carbons (Fsp3) is 0.467. The summed E-state index contributed by atoms with van der Waals surface area (Å²) in [4.78, 5) is 25.5. The van der Waals surface area contributed by atoms with Gasteiger partial charge in [-0.2, -0.15) is 15.1 Å². The van der Waals surface area contributed by atoms with Crippen LogP contribution in [0.1, 0.15) is 40.3 Å². The lowest BCUT2D eigenvalue weighted by molar-refractivity contribution is -0.203. The Morgan fingerprint density at radius 3 is 2.70 bits per heavy atom. The van der Waals surface area contributed by atoms with Crippen molar-refractivity contribution >= 4 is 59.0 Å². The molecule has 4 aromatic rings. The number of anilines is 2. The first kappa shape index (κ1) is 34.7. The van der Waals surface area contributed by atoms with Crippen molar-refractivity contribution in [2.75, 3.05) is 37.2 Å². The number of aliphatic hydroxyl groups is 1. The molecule has 47 heavy (non-hydrogen) atoms. The number of benzene rings is 2. The minimum atomic E-state index is -4.55. The van der Waals surface area contributed by atoms with Crippen LogP contribution in [0.3, 0.4) is 0 Å². The maximum absolute atomic E-state index is 16.1. The smallest absolute Gasteiger partial charge is 0.459 e. The number of nitrogens with two attached hydrogens (primary N) is 1. The van der Waals surface area contributed by atoms with Gasteiger partial charge < -0.3 is 30.2 Å². The van der Waals surface area contributed by atoms with Crippen LogP contribution in [0.15, 0.2) is 48.8 Å². The number of nitrogens with zero attached hydrogens (tertiary/aromatic N) is 4. The van der Waals surface area contributed by atoms with Gasteiger partial charge in [-0.25, -0.2) is 13.9 Å². The van der Waals surface area contributed by atoms with Crippen LogP contribution in [0.2, 0.25) is 0 Å². The lowest BCUT2D eigenvalue weighted by Crippen LogP contribution is -2.53.